The first-order valence-corrected chi connectivity index (χ1v) is 21.2. The quantitative estimate of drug-likeness (QED) is 0.0348. The van der Waals surface area contributed by atoms with Crippen LogP contribution in [0.2, 0.25) is 0 Å². The van der Waals surface area contributed by atoms with E-state index in [9.17, 15) is 36.4 Å². The van der Waals surface area contributed by atoms with Gasteiger partial charge in [-0.3, -0.25) is 4.55 Å². The first-order valence-electron chi connectivity index (χ1n) is 18.3. The van der Waals surface area contributed by atoms with Crippen LogP contribution in [0.5, 0.6) is 11.5 Å². The summed E-state index contributed by atoms with van der Waals surface area (Å²) < 4.78 is 67.6. The van der Waals surface area contributed by atoms with Crippen LogP contribution in [0, 0.1) is 0 Å². The van der Waals surface area contributed by atoms with E-state index in [1.807, 2.05) is 24.3 Å². The van der Waals surface area contributed by atoms with Crippen molar-refractivity contribution in [2.75, 3.05) is 6.61 Å². The first kappa shape index (κ1) is 41.4. The van der Waals surface area contributed by atoms with E-state index in [-0.39, 0.29) is 10.7 Å². The number of benzene rings is 3. The topological polar surface area (TPSA) is 185 Å². The standard InChI is InChI=1S/C39H51N3O9S2/c1-3-4-5-6-7-8-9-10-11-12-13-14-15-16-25-51-30-19-17-29(18-20-30)37-28-35(33-27-32(53(48,49)50)21-23-36(33)42(37)2)40-41-52(46,47)31-22-24-38(43)34(26-31)39(44)45/h17-24,26-28,41,43H,3-16,25H2,1-2H3,(H,44,45)(H,48,49,50)/b40-35-. The summed E-state index contributed by atoms with van der Waals surface area (Å²) in [5.74, 6) is -1.42. The van der Waals surface area contributed by atoms with Crippen LogP contribution in [-0.2, 0) is 27.2 Å². The summed E-state index contributed by atoms with van der Waals surface area (Å²) in [6.45, 7) is 2.86. The number of aromatic carboxylic acids is 1. The summed E-state index contributed by atoms with van der Waals surface area (Å²) in [6, 6.07) is 15.6. The normalized spacial score (nSPS) is 12.3. The number of nitrogens with zero attached hydrogens (tertiary/aromatic N) is 2. The predicted octanol–water partition coefficient (Wildman–Crippen LogP) is 8.15. The van der Waals surface area contributed by atoms with Crippen LogP contribution in [-0.4, -0.2) is 48.7 Å². The molecule has 0 spiro atoms. The molecule has 0 aliphatic rings. The van der Waals surface area contributed by atoms with E-state index in [1.54, 1.807) is 17.7 Å². The van der Waals surface area contributed by atoms with Crippen LogP contribution in [0.4, 0.5) is 0 Å². The van der Waals surface area contributed by atoms with Crippen LogP contribution in [0.1, 0.15) is 107 Å². The van der Waals surface area contributed by atoms with Gasteiger partial charge in [-0.1, -0.05) is 90.4 Å². The lowest BCUT2D eigenvalue weighted by Crippen LogP contribution is -2.23. The Kier molecular flexibility index (Phi) is 15.3. The number of rotatable bonds is 22. The van der Waals surface area contributed by atoms with Gasteiger partial charge in [-0.15, -0.1) is 0 Å². The Labute approximate surface area is 312 Å². The molecule has 12 nitrogen and oxygen atoms in total. The zero-order valence-electron chi connectivity index (χ0n) is 30.5. The Hall–Kier alpha value is -4.40. The van der Waals surface area contributed by atoms with Crippen LogP contribution < -0.4 is 14.9 Å². The van der Waals surface area contributed by atoms with Crippen molar-refractivity contribution in [1.29, 1.82) is 0 Å². The molecule has 0 fully saturated rings. The number of aromatic hydroxyl groups is 1. The number of sulfonamides is 1. The number of ether oxygens (including phenoxy) is 1. The predicted molar refractivity (Wildman–Crippen MR) is 205 cm³/mol. The van der Waals surface area contributed by atoms with Gasteiger partial charge in [0.25, 0.3) is 20.1 Å². The average molecular weight is 770 g/mol. The summed E-state index contributed by atoms with van der Waals surface area (Å²) in [5, 5.41) is 23.4. The van der Waals surface area contributed by atoms with Crippen molar-refractivity contribution in [1.82, 2.24) is 9.40 Å². The van der Waals surface area contributed by atoms with Gasteiger partial charge in [-0.05, 0) is 78.7 Å². The van der Waals surface area contributed by atoms with Crippen molar-refractivity contribution >= 4 is 37.0 Å². The highest BCUT2D eigenvalue weighted by Crippen LogP contribution is 2.26. The van der Waals surface area contributed by atoms with E-state index in [2.05, 4.69) is 16.9 Å². The third kappa shape index (κ3) is 12.1. The van der Waals surface area contributed by atoms with Crippen LogP contribution in [0.3, 0.4) is 0 Å². The molecule has 4 N–H and O–H groups in total. The number of phenols is 1. The fourth-order valence-corrected chi connectivity index (χ4v) is 7.55. The van der Waals surface area contributed by atoms with Gasteiger partial charge >= 0.3 is 5.97 Å². The summed E-state index contributed by atoms with van der Waals surface area (Å²) in [6.07, 6.45) is 18.0. The molecular weight excluding hydrogens is 719 g/mol. The molecular formula is C39H51N3O9S2. The van der Waals surface area contributed by atoms with Gasteiger partial charge in [0, 0.05) is 12.4 Å². The molecule has 0 bridgehead atoms. The minimum absolute atomic E-state index is 0.0255. The van der Waals surface area contributed by atoms with Crippen LogP contribution >= 0.6 is 0 Å². The van der Waals surface area contributed by atoms with Crippen molar-refractivity contribution < 1.29 is 41.1 Å². The minimum atomic E-state index is -4.60. The fraction of sp³-hybridized carbons (Fsp3) is 0.436. The molecule has 0 radical (unpaired) electrons. The molecule has 0 saturated heterocycles. The van der Waals surface area contributed by atoms with Crippen LogP contribution in [0.25, 0.3) is 22.2 Å². The third-order valence-electron chi connectivity index (χ3n) is 9.25. The largest absolute Gasteiger partial charge is 0.507 e. The molecule has 3 aromatic carbocycles. The molecule has 0 atom stereocenters. The van der Waals surface area contributed by atoms with E-state index in [0.717, 1.165) is 36.6 Å². The average Bonchev–Trinajstić information content (AvgIpc) is 3.12. The molecule has 14 heteroatoms. The summed E-state index contributed by atoms with van der Waals surface area (Å²) >= 11 is 0. The molecule has 0 aliphatic heterocycles. The summed E-state index contributed by atoms with van der Waals surface area (Å²) in [7, 11) is -7.29. The Bertz CT molecular complexity index is 2130. The highest BCUT2D eigenvalue weighted by atomic mass is 32.2. The highest BCUT2D eigenvalue weighted by Gasteiger charge is 2.19. The maximum Gasteiger partial charge on any atom is 0.339 e. The lowest BCUT2D eigenvalue weighted by Gasteiger charge is -2.15. The molecule has 1 heterocycles. The number of fused-ring (bicyclic) bond motifs is 1. The molecule has 4 aromatic rings. The zero-order valence-corrected chi connectivity index (χ0v) is 32.1. The molecule has 288 valence electrons. The molecule has 1 aromatic heterocycles. The molecule has 0 saturated carbocycles. The Balaban J connectivity index is 1.41. The summed E-state index contributed by atoms with van der Waals surface area (Å²) in [5.41, 5.74) is 1.20. The van der Waals surface area contributed by atoms with E-state index in [1.165, 1.54) is 95.2 Å². The number of nitrogens with one attached hydrogen (secondary N) is 1. The number of carboxylic acids is 1. The van der Waals surface area contributed by atoms with Gasteiger partial charge in [0.05, 0.1) is 33.0 Å². The third-order valence-corrected chi connectivity index (χ3v) is 11.3. The van der Waals surface area contributed by atoms with Gasteiger partial charge in [0.1, 0.15) is 17.1 Å². The number of hydrogen-bond acceptors (Lipinski definition) is 8. The molecule has 0 unspecified atom stereocenters. The van der Waals surface area contributed by atoms with Crippen molar-refractivity contribution in [2.45, 2.75) is 107 Å². The van der Waals surface area contributed by atoms with E-state index in [0.29, 0.717) is 23.6 Å². The number of carbonyl (C=O) groups is 1. The van der Waals surface area contributed by atoms with Gasteiger partial charge in [0.2, 0.25) is 0 Å². The van der Waals surface area contributed by atoms with E-state index in [4.69, 9.17) is 4.74 Å². The number of unbranched alkanes of at least 4 members (excludes halogenated alkanes) is 13. The Morgan fingerprint density at radius 3 is 1.89 bits per heavy atom. The van der Waals surface area contributed by atoms with Crippen molar-refractivity contribution in [2.24, 2.45) is 12.1 Å². The Morgan fingerprint density at radius 1 is 0.755 bits per heavy atom. The minimum Gasteiger partial charge on any atom is -0.507 e. The Morgan fingerprint density at radius 2 is 1.32 bits per heavy atom. The van der Waals surface area contributed by atoms with Crippen molar-refractivity contribution in [3.63, 3.8) is 0 Å². The maximum absolute atomic E-state index is 13.1. The molecule has 0 aliphatic carbocycles. The second kappa shape index (κ2) is 19.6. The highest BCUT2D eigenvalue weighted by molar-refractivity contribution is 7.89. The number of aryl methyl sites for hydroxylation is 1. The van der Waals surface area contributed by atoms with Gasteiger partial charge in [0.15, 0.2) is 0 Å². The second-order valence-electron chi connectivity index (χ2n) is 13.3. The number of carboxylic acid groups (broad SMARTS) is 1. The van der Waals surface area contributed by atoms with Crippen molar-refractivity contribution in [3.8, 4) is 22.8 Å². The second-order valence-corrected chi connectivity index (χ2v) is 16.4. The van der Waals surface area contributed by atoms with Gasteiger partial charge in [-0.2, -0.15) is 26.8 Å². The van der Waals surface area contributed by atoms with E-state index >= 15 is 0 Å². The van der Waals surface area contributed by atoms with Gasteiger partial charge in [-0.25, -0.2) is 4.79 Å². The monoisotopic (exact) mass is 769 g/mol. The smallest absolute Gasteiger partial charge is 0.339 e. The van der Waals surface area contributed by atoms with E-state index < -0.39 is 47.2 Å². The summed E-state index contributed by atoms with van der Waals surface area (Å²) in [4.78, 5) is 12.6. The first-order chi connectivity index (χ1) is 25.3. The van der Waals surface area contributed by atoms with Crippen LogP contribution in [0.15, 0.2) is 81.6 Å². The molecule has 4 rings (SSSR count). The number of aromatic nitrogens is 1. The molecule has 53 heavy (non-hydrogen) atoms. The zero-order chi connectivity index (χ0) is 38.4. The lowest BCUT2D eigenvalue weighted by atomic mass is 10.0. The SMILES string of the molecule is CCCCCCCCCCCCCCCCOc1ccc(-c2c/c(=N/NS(=O)(=O)c3ccc(O)c(C(=O)O)c3)c3cc(S(=O)(=O)O)ccc3n2C)cc1. The van der Waals surface area contributed by atoms with Crippen molar-refractivity contribution in [3.05, 3.63) is 77.7 Å². The lowest BCUT2D eigenvalue weighted by molar-refractivity contribution is 0.0693. The molecule has 0 amide bonds. The number of hydrogen-bond donors (Lipinski definition) is 4. The number of pyridine rings is 1. The van der Waals surface area contributed by atoms with Gasteiger partial charge < -0.3 is 19.5 Å². The fourth-order valence-electron chi connectivity index (χ4n) is 6.20. The maximum atomic E-state index is 13.1.